The summed E-state index contributed by atoms with van der Waals surface area (Å²) in [4.78, 5) is 3.90. The third kappa shape index (κ3) is 2.91. The zero-order valence-corrected chi connectivity index (χ0v) is 9.41. The Bertz CT molecular complexity index is 437. The molecule has 0 amide bonds. The average Bonchev–Trinajstić information content (AvgIpc) is 2.17. The second kappa shape index (κ2) is 4.60. The van der Waals surface area contributed by atoms with Crippen molar-refractivity contribution in [2.24, 2.45) is 0 Å². The van der Waals surface area contributed by atoms with E-state index in [4.69, 9.17) is 23.2 Å². The van der Waals surface area contributed by atoms with Gasteiger partial charge in [0, 0.05) is 17.7 Å². The third-order valence-electron chi connectivity index (χ3n) is 1.97. The number of pyridine rings is 2. The molecule has 15 heavy (non-hydrogen) atoms. The van der Waals surface area contributed by atoms with E-state index in [0.29, 0.717) is 10.3 Å². The number of hydrogen-bond donors (Lipinski definition) is 0. The maximum absolute atomic E-state index is 5.81. The van der Waals surface area contributed by atoms with Crippen LogP contribution in [0.2, 0.25) is 10.3 Å². The zero-order chi connectivity index (χ0) is 10.7. The van der Waals surface area contributed by atoms with Crippen molar-refractivity contribution in [3.63, 3.8) is 0 Å². The predicted octanol–water partition coefficient (Wildman–Crippen LogP) is 2.72. The van der Waals surface area contributed by atoms with Gasteiger partial charge in [0.25, 0.3) is 0 Å². The van der Waals surface area contributed by atoms with Gasteiger partial charge in [-0.15, -0.1) is 0 Å². The predicted molar refractivity (Wildman–Crippen MR) is 60.0 cm³/mol. The molecule has 0 N–H and O–H groups in total. The van der Waals surface area contributed by atoms with Gasteiger partial charge in [-0.1, -0.05) is 29.3 Å². The van der Waals surface area contributed by atoms with Crippen molar-refractivity contribution >= 4 is 23.2 Å². The number of rotatable bonds is 2. The van der Waals surface area contributed by atoms with Crippen LogP contribution >= 0.6 is 23.2 Å². The van der Waals surface area contributed by atoms with Crippen LogP contribution in [0.1, 0.15) is 5.56 Å². The van der Waals surface area contributed by atoms with Crippen molar-refractivity contribution < 1.29 is 4.57 Å². The number of nitrogens with zero attached hydrogens (tertiary/aromatic N) is 2. The summed E-state index contributed by atoms with van der Waals surface area (Å²) in [7, 11) is 0. The molecule has 2 aromatic rings. The van der Waals surface area contributed by atoms with E-state index in [1.54, 1.807) is 0 Å². The Hall–Kier alpha value is -1.12. The van der Waals surface area contributed by atoms with E-state index in [-0.39, 0.29) is 0 Å². The summed E-state index contributed by atoms with van der Waals surface area (Å²) in [5.74, 6) is 0. The number of hydrogen-bond acceptors (Lipinski definition) is 1. The summed E-state index contributed by atoms with van der Waals surface area (Å²) in [6.07, 6.45) is 3.98. The van der Waals surface area contributed by atoms with Gasteiger partial charge >= 0.3 is 0 Å². The lowest BCUT2D eigenvalue weighted by atomic mass is 10.2. The topological polar surface area (TPSA) is 16.8 Å². The van der Waals surface area contributed by atoms with Crippen molar-refractivity contribution in [3.8, 4) is 0 Å². The molecule has 0 spiro atoms. The second-order valence-electron chi connectivity index (χ2n) is 3.17. The van der Waals surface area contributed by atoms with Crippen LogP contribution in [0.3, 0.4) is 0 Å². The molecule has 0 bridgehead atoms. The summed E-state index contributed by atoms with van der Waals surface area (Å²) in [5.41, 5.74) is 1.04. The molecule has 0 atom stereocenters. The lowest BCUT2D eigenvalue weighted by Crippen LogP contribution is -2.32. The largest absolute Gasteiger partial charge is 0.224 e. The summed E-state index contributed by atoms with van der Waals surface area (Å²) in [6.45, 7) is 0.739. The first-order valence-electron chi connectivity index (χ1n) is 4.50. The van der Waals surface area contributed by atoms with E-state index in [9.17, 15) is 0 Å². The van der Waals surface area contributed by atoms with Crippen LogP contribution in [-0.4, -0.2) is 4.98 Å². The smallest absolute Gasteiger partial charge is 0.174 e. The summed E-state index contributed by atoms with van der Waals surface area (Å²) >= 11 is 11.6. The third-order valence-corrected chi connectivity index (χ3v) is 2.35. The zero-order valence-electron chi connectivity index (χ0n) is 7.90. The Morgan fingerprint density at radius 2 is 1.60 bits per heavy atom. The van der Waals surface area contributed by atoms with Crippen LogP contribution < -0.4 is 4.57 Å². The standard InChI is InChI=1S/C11H9Cl2N2/c12-10-6-9(7-11(13)14-10)8-15-4-2-1-3-5-15/h1-7H,8H2/q+1. The van der Waals surface area contributed by atoms with Gasteiger partial charge in [0.2, 0.25) is 0 Å². The van der Waals surface area contributed by atoms with Gasteiger partial charge in [-0.05, 0) is 12.1 Å². The van der Waals surface area contributed by atoms with E-state index in [1.165, 1.54) is 0 Å². The molecule has 0 aromatic carbocycles. The molecule has 0 unspecified atom stereocenters. The van der Waals surface area contributed by atoms with Gasteiger partial charge in [0.1, 0.15) is 10.3 Å². The van der Waals surface area contributed by atoms with Gasteiger partial charge in [-0.25, -0.2) is 9.55 Å². The van der Waals surface area contributed by atoms with Gasteiger partial charge in [-0.2, -0.15) is 0 Å². The number of aromatic nitrogens is 2. The highest BCUT2D eigenvalue weighted by Gasteiger charge is 2.04. The first-order valence-corrected chi connectivity index (χ1v) is 5.26. The molecule has 2 nitrogen and oxygen atoms in total. The first kappa shape index (κ1) is 10.4. The van der Waals surface area contributed by atoms with E-state index < -0.39 is 0 Å². The van der Waals surface area contributed by atoms with E-state index in [0.717, 1.165) is 12.1 Å². The summed E-state index contributed by atoms with van der Waals surface area (Å²) < 4.78 is 2.04. The monoisotopic (exact) mass is 239 g/mol. The Morgan fingerprint density at radius 3 is 2.20 bits per heavy atom. The van der Waals surface area contributed by atoms with Crippen LogP contribution in [0.5, 0.6) is 0 Å². The van der Waals surface area contributed by atoms with Gasteiger partial charge in [-0.3, -0.25) is 0 Å². The summed E-state index contributed by atoms with van der Waals surface area (Å²) in [5, 5.41) is 0.850. The lowest BCUT2D eigenvalue weighted by Gasteiger charge is -1.99. The van der Waals surface area contributed by atoms with E-state index >= 15 is 0 Å². The van der Waals surface area contributed by atoms with Crippen molar-refractivity contribution in [3.05, 3.63) is 58.6 Å². The highest BCUT2D eigenvalue weighted by Crippen LogP contribution is 2.14. The quantitative estimate of drug-likeness (QED) is 0.582. The molecule has 2 aromatic heterocycles. The molecule has 2 heterocycles. The van der Waals surface area contributed by atoms with Crippen molar-refractivity contribution in [2.75, 3.05) is 0 Å². The van der Waals surface area contributed by atoms with Crippen LogP contribution in [0, 0.1) is 0 Å². The molecule has 76 valence electrons. The fraction of sp³-hybridized carbons (Fsp3) is 0.0909. The molecule has 0 radical (unpaired) electrons. The van der Waals surface area contributed by atoms with E-state index in [2.05, 4.69) is 4.98 Å². The molecule has 2 rings (SSSR count). The molecule has 0 saturated heterocycles. The van der Waals surface area contributed by atoms with Gasteiger partial charge < -0.3 is 0 Å². The molecule has 4 heteroatoms. The first-order chi connectivity index (χ1) is 7.24. The molecular weight excluding hydrogens is 231 g/mol. The lowest BCUT2D eigenvalue weighted by molar-refractivity contribution is -0.688. The average molecular weight is 240 g/mol. The van der Waals surface area contributed by atoms with Crippen molar-refractivity contribution in [1.82, 2.24) is 4.98 Å². The Morgan fingerprint density at radius 1 is 1.00 bits per heavy atom. The van der Waals surface area contributed by atoms with Crippen molar-refractivity contribution in [2.45, 2.75) is 6.54 Å². The van der Waals surface area contributed by atoms with E-state index in [1.807, 2.05) is 47.3 Å². The minimum Gasteiger partial charge on any atom is -0.224 e. The highest BCUT2D eigenvalue weighted by molar-refractivity contribution is 6.32. The Labute approximate surface area is 98.1 Å². The van der Waals surface area contributed by atoms with Crippen LogP contribution in [0.25, 0.3) is 0 Å². The van der Waals surface area contributed by atoms with Crippen molar-refractivity contribution in [1.29, 1.82) is 0 Å². The van der Waals surface area contributed by atoms with Crippen LogP contribution in [0.4, 0.5) is 0 Å². The minimum atomic E-state index is 0.425. The fourth-order valence-electron chi connectivity index (χ4n) is 1.36. The Kier molecular flexibility index (Phi) is 3.19. The molecule has 0 saturated carbocycles. The molecule has 0 fully saturated rings. The molecule has 0 aliphatic rings. The molecular formula is C11H9Cl2N2+. The maximum atomic E-state index is 5.81. The number of halogens is 2. The normalized spacial score (nSPS) is 10.3. The van der Waals surface area contributed by atoms with Crippen LogP contribution in [0.15, 0.2) is 42.7 Å². The Balaban J connectivity index is 2.25. The van der Waals surface area contributed by atoms with Gasteiger partial charge in [0.15, 0.2) is 18.9 Å². The molecule has 0 aliphatic heterocycles. The minimum absolute atomic E-state index is 0.425. The molecule has 0 aliphatic carbocycles. The SMILES string of the molecule is Clc1cc(C[n+]2ccccc2)cc(Cl)n1. The summed E-state index contributed by atoms with van der Waals surface area (Å²) in [6, 6.07) is 9.55. The maximum Gasteiger partial charge on any atom is 0.174 e. The fourth-order valence-corrected chi connectivity index (χ4v) is 1.86. The van der Waals surface area contributed by atoms with Crippen LogP contribution in [-0.2, 0) is 6.54 Å². The second-order valence-corrected chi connectivity index (χ2v) is 3.94. The van der Waals surface area contributed by atoms with Gasteiger partial charge in [0.05, 0.1) is 0 Å². The highest BCUT2D eigenvalue weighted by atomic mass is 35.5.